The SMILES string of the molecule is Cc1ccc(Cl)cc1NC(=O)C(C)Sc1cccc(N)c1. The van der Waals surface area contributed by atoms with Crippen LogP contribution in [0.1, 0.15) is 12.5 Å². The Morgan fingerprint density at radius 3 is 2.76 bits per heavy atom. The number of rotatable bonds is 4. The summed E-state index contributed by atoms with van der Waals surface area (Å²) in [5, 5.41) is 3.28. The first-order valence-corrected chi connectivity index (χ1v) is 7.80. The number of anilines is 2. The number of benzene rings is 2. The Labute approximate surface area is 133 Å². The Hall–Kier alpha value is -1.65. The average Bonchev–Trinajstić information content (AvgIpc) is 2.43. The van der Waals surface area contributed by atoms with Gasteiger partial charge in [0.1, 0.15) is 0 Å². The van der Waals surface area contributed by atoms with Crippen LogP contribution in [0.25, 0.3) is 0 Å². The predicted molar refractivity (Wildman–Crippen MR) is 91.0 cm³/mol. The van der Waals surface area contributed by atoms with Crippen molar-refractivity contribution in [1.29, 1.82) is 0 Å². The second-order valence-corrected chi connectivity index (χ2v) is 6.63. The third kappa shape index (κ3) is 4.41. The van der Waals surface area contributed by atoms with Gasteiger partial charge in [-0.25, -0.2) is 0 Å². The zero-order chi connectivity index (χ0) is 15.4. The van der Waals surface area contributed by atoms with E-state index in [1.165, 1.54) is 11.8 Å². The van der Waals surface area contributed by atoms with Gasteiger partial charge < -0.3 is 11.1 Å². The second kappa shape index (κ2) is 6.87. The number of hydrogen-bond donors (Lipinski definition) is 2. The van der Waals surface area contributed by atoms with Crippen LogP contribution in [0, 0.1) is 6.92 Å². The summed E-state index contributed by atoms with van der Waals surface area (Å²) in [5.41, 5.74) is 8.16. The van der Waals surface area contributed by atoms with Crippen molar-refractivity contribution in [2.24, 2.45) is 0 Å². The van der Waals surface area contributed by atoms with E-state index in [0.717, 1.165) is 16.1 Å². The van der Waals surface area contributed by atoms with Crippen LogP contribution in [-0.4, -0.2) is 11.2 Å². The van der Waals surface area contributed by atoms with Crippen molar-refractivity contribution in [3.05, 3.63) is 53.1 Å². The van der Waals surface area contributed by atoms with E-state index in [1.54, 1.807) is 12.1 Å². The number of hydrogen-bond acceptors (Lipinski definition) is 3. The van der Waals surface area contributed by atoms with E-state index < -0.39 is 0 Å². The molecule has 0 aliphatic carbocycles. The molecule has 0 saturated heterocycles. The lowest BCUT2D eigenvalue weighted by molar-refractivity contribution is -0.115. The highest BCUT2D eigenvalue weighted by Crippen LogP contribution is 2.26. The molecule has 1 unspecified atom stereocenters. The molecule has 21 heavy (non-hydrogen) atoms. The largest absolute Gasteiger partial charge is 0.399 e. The van der Waals surface area contributed by atoms with Crippen LogP contribution < -0.4 is 11.1 Å². The van der Waals surface area contributed by atoms with Crippen LogP contribution in [0.2, 0.25) is 5.02 Å². The summed E-state index contributed by atoms with van der Waals surface area (Å²) in [7, 11) is 0. The highest BCUT2D eigenvalue weighted by Gasteiger charge is 2.15. The Morgan fingerprint density at radius 2 is 2.05 bits per heavy atom. The zero-order valence-electron chi connectivity index (χ0n) is 11.9. The van der Waals surface area contributed by atoms with Gasteiger partial charge >= 0.3 is 0 Å². The van der Waals surface area contributed by atoms with Crippen molar-refractivity contribution in [2.45, 2.75) is 24.0 Å². The molecule has 0 aromatic heterocycles. The number of thioether (sulfide) groups is 1. The molecule has 110 valence electrons. The maximum Gasteiger partial charge on any atom is 0.237 e. The van der Waals surface area contributed by atoms with Crippen LogP contribution in [0.15, 0.2) is 47.4 Å². The standard InChI is InChI=1S/C16H17ClN2OS/c1-10-6-7-12(17)8-15(10)19-16(20)11(2)21-14-5-3-4-13(18)9-14/h3-9,11H,18H2,1-2H3,(H,19,20). The number of aryl methyl sites for hydroxylation is 1. The van der Waals surface area contributed by atoms with Crippen LogP contribution in [0.5, 0.6) is 0 Å². The molecule has 2 aromatic carbocycles. The normalized spacial score (nSPS) is 12.0. The van der Waals surface area contributed by atoms with Gasteiger partial charge in [0, 0.05) is 21.3 Å². The first-order chi connectivity index (χ1) is 9.95. The Morgan fingerprint density at radius 1 is 1.29 bits per heavy atom. The molecule has 3 N–H and O–H groups in total. The third-order valence-electron chi connectivity index (χ3n) is 3.00. The lowest BCUT2D eigenvalue weighted by Gasteiger charge is -2.14. The molecule has 0 heterocycles. The van der Waals surface area contributed by atoms with E-state index in [2.05, 4.69) is 5.32 Å². The van der Waals surface area contributed by atoms with Gasteiger partial charge in [-0.2, -0.15) is 0 Å². The number of halogens is 1. The van der Waals surface area contributed by atoms with E-state index in [4.69, 9.17) is 17.3 Å². The van der Waals surface area contributed by atoms with Gasteiger partial charge in [-0.3, -0.25) is 4.79 Å². The smallest absolute Gasteiger partial charge is 0.237 e. The molecule has 0 saturated carbocycles. The highest BCUT2D eigenvalue weighted by molar-refractivity contribution is 8.00. The van der Waals surface area contributed by atoms with Crippen molar-refractivity contribution in [3.63, 3.8) is 0 Å². The summed E-state index contributed by atoms with van der Waals surface area (Å²) < 4.78 is 0. The van der Waals surface area contributed by atoms with Crippen molar-refractivity contribution in [2.75, 3.05) is 11.1 Å². The van der Waals surface area contributed by atoms with Gasteiger partial charge in [0.25, 0.3) is 0 Å². The van der Waals surface area contributed by atoms with Crippen LogP contribution in [0.4, 0.5) is 11.4 Å². The van der Waals surface area contributed by atoms with E-state index in [0.29, 0.717) is 10.7 Å². The highest BCUT2D eigenvalue weighted by atomic mass is 35.5. The molecular formula is C16H17ClN2OS. The lowest BCUT2D eigenvalue weighted by Crippen LogP contribution is -2.22. The van der Waals surface area contributed by atoms with Gasteiger partial charge in [0.2, 0.25) is 5.91 Å². The Bertz CT molecular complexity index is 660. The fraction of sp³-hybridized carbons (Fsp3) is 0.188. The van der Waals surface area contributed by atoms with Gasteiger partial charge in [-0.05, 0) is 49.7 Å². The summed E-state index contributed by atoms with van der Waals surface area (Å²) in [6.07, 6.45) is 0. The molecule has 1 amide bonds. The van der Waals surface area contributed by atoms with E-state index in [9.17, 15) is 4.79 Å². The molecule has 2 rings (SSSR count). The van der Waals surface area contributed by atoms with Crippen LogP contribution in [-0.2, 0) is 4.79 Å². The fourth-order valence-corrected chi connectivity index (χ4v) is 2.92. The zero-order valence-corrected chi connectivity index (χ0v) is 13.5. The minimum absolute atomic E-state index is 0.0622. The molecule has 0 aliphatic heterocycles. The van der Waals surface area contributed by atoms with E-state index in [-0.39, 0.29) is 11.2 Å². The number of carbonyl (C=O) groups excluding carboxylic acids is 1. The molecule has 3 nitrogen and oxygen atoms in total. The minimum atomic E-state index is -0.231. The molecule has 5 heteroatoms. The number of amides is 1. The van der Waals surface area contributed by atoms with Crippen molar-refractivity contribution >= 4 is 40.6 Å². The maximum atomic E-state index is 12.3. The maximum absolute atomic E-state index is 12.3. The third-order valence-corrected chi connectivity index (χ3v) is 4.33. The number of nitrogens with two attached hydrogens (primary N) is 1. The van der Waals surface area contributed by atoms with Gasteiger partial charge in [0.05, 0.1) is 5.25 Å². The van der Waals surface area contributed by atoms with Gasteiger partial charge in [0.15, 0.2) is 0 Å². The fourth-order valence-electron chi connectivity index (χ4n) is 1.81. The first kappa shape index (κ1) is 15.7. The summed E-state index contributed by atoms with van der Waals surface area (Å²) in [6.45, 7) is 3.80. The van der Waals surface area contributed by atoms with Crippen LogP contribution in [0.3, 0.4) is 0 Å². The van der Waals surface area contributed by atoms with Crippen molar-refractivity contribution < 1.29 is 4.79 Å². The van der Waals surface area contributed by atoms with Crippen molar-refractivity contribution in [3.8, 4) is 0 Å². The Kier molecular flexibility index (Phi) is 5.15. The summed E-state index contributed by atoms with van der Waals surface area (Å²) in [6, 6.07) is 12.9. The number of nitrogen functional groups attached to an aromatic ring is 1. The molecule has 0 bridgehead atoms. The lowest BCUT2D eigenvalue weighted by atomic mass is 10.2. The molecule has 0 spiro atoms. The van der Waals surface area contributed by atoms with Crippen molar-refractivity contribution in [1.82, 2.24) is 0 Å². The summed E-state index contributed by atoms with van der Waals surface area (Å²) in [4.78, 5) is 13.2. The van der Waals surface area contributed by atoms with E-state index in [1.807, 2.05) is 44.2 Å². The monoisotopic (exact) mass is 320 g/mol. The molecular weight excluding hydrogens is 304 g/mol. The summed E-state index contributed by atoms with van der Waals surface area (Å²) >= 11 is 7.43. The summed E-state index contributed by atoms with van der Waals surface area (Å²) in [5.74, 6) is -0.0622. The molecule has 0 fully saturated rings. The second-order valence-electron chi connectivity index (χ2n) is 4.78. The van der Waals surface area contributed by atoms with Gasteiger partial charge in [-0.1, -0.05) is 23.7 Å². The topological polar surface area (TPSA) is 55.1 Å². The molecule has 2 aromatic rings. The predicted octanol–water partition coefficient (Wildman–Crippen LogP) is 4.35. The van der Waals surface area contributed by atoms with Gasteiger partial charge in [-0.15, -0.1) is 11.8 Å². The average molecular weight is 321 g/mol. The Balaban J connectivity index is 2.04. The molecule has 1 atom stereocenters. The first-order valence-electron chi connectivity index (χ1n) is 6.55. The molecule has 0 radical (unpaired) electrons. The molecule has 0 aliphatic rings. The van der Waals surface area contributed by atoms with E-state index >= 15 is 0 Å². The number of nitrogens with one attached hydrogen (secondary N) is 1. The quantitative estimate of drug-likeness (QED) is 0.650. The number of carbonyl (C=O) groups is 1. The van der Waals surface area contributed by atoms with Crippen LogP contribution >= 0.6 is 23.4 Å². The minimum Gasteiger partial charge on any atom is -0.399 e.